The number of hydrogen-bond acceptors (Lipinski definition) is 6. The van der Waals surface area contributed by atoms with Crippen LogP contribution in [-0.2, 0) is 11.3 Å². The third kappa shape index (κ3) is 4.25. The average molecular weight is 432 g/mol. The van der Waals surface area contributed by atoms with Crippen molar-refractivity contribution in [3.05, 3.63) is 36.3 Å². The highest BCUT2D eigenvalue weighted by atomic mass is 35.5. The van der Waals surface area contributed by atoms with Gasteiger partial charge in [0.2, 0.25) is 11.9 Å². The first-order chi connectivity index (χ1) is 14.1. The Bertz CT molecular complexity index is 1050. The molecule has 29 heavy (non-hydrogen) atoms. The summed E-state index contributed by atoms with van der Waals surface area (Å²) in [5, 5.41) is 9.89. The number of aryl methyl sites for hydroxylation is 1. The van der Waals surface area contributed by atoms with Crippen LogP contribution < -0.4 is 5.32 Å². The van der Waals surface area contributed by atoms with Crippen LogP contribution in [-0.4, -0.2) is 53.9 Å². The average Bonchev–Trinajstić information content (AvgIpc) is 3.34. The summed E-state index contributed by atoms with van der Waals surface area (Å²) < 4.78 is 1.83. The summed E-state index contributed by atoms with van der Waals surface area (Å²) in [5.41, 5.74) is 1.49. The molecule has 0 bridgehead atoms. The van der Waals surface area contributed by atoms with E-state index in [4.69, 9.17) is 16.6 Å². The number of anilines is 2. The van der Waals surface area contributed by atoms with Crippen LogP contribution in [0.1, 0.15) is 19.8 Å². The number of carbonyl (C=O) groups is 1. The highest BCUT2D eigenvalue weighted by Gasteiger charge is 2.25. The fourth-order valence-electron chi connectivity index (χ4n) is 3.36. The van der Waals surface area contributed by atoms with Crippen molar-refractivity contribution < 1.29 is 4.79 Å². The number of halogens is 1. The number of hydrogen-bond donors (Lipinski definition) is 2. The maximum absolute atomic E-state index is 12.0. The molecule has 1 amide bonds. The zero-order valence-corrected chi connectivity index (χ0v) is 17.6. The molecule has 2 N–H and O–H groups in total. The Morgan fingerprint density at radius 3 is 3.14 bits per heavy atom. The van der Waals surface area contributed by atoms with Gasteiger partial charge in [0.1, 0.15) is 10.7 Å². The Morgan fingerprint density at radius 2 is 2.38 bits per heavy atom. The zero-order chi connectivity index (χ0) is 20.4. The largest absolute Gasteiger partial charge is 0.344 e. The van der Waals surface area contributed by atoms with Gasteiger partial charge >= 0.3 is 0 Å². The van der Waals surface area contributed by atoms with E-state index in [1.165, 1.54) is 6.08 Å². The predicted octanol–water partition coefficient (Wildman–Crippen LogP) is 3.84. The summed E-state index contributed by atoms with van der Waals surface area (Å²) in [7, 11) is 0. The predicted molar refractivity (Wildman–Crippen MR) is 116 cm³/mol. The minimum Gasteiger partial charge on any atom is -0.344 e. The molecule has 4 rings (SSSR count). The zero-order valence-electron chi connectivity index (χ0n) is 16.1. The molecule has 0 unspecified atom stereocenters. The van der Waals surface area contributed by atoms with Gasteiger partial charge in [-0.25, -0.2) is 4.98 Å². The fraction of sp³-hybridized carbons (Fsp3) is 0.368. The van der Waals surface area contributed by atoms with Crippen LogP contribution in [0.2, 0.25) is 5.02 Å². The molecule has 0 aliphatic carbocycles. The van der Waals surface area contributed by atoms with Gasteiger partial charge in [-0.3, -0.25) is 9.48 Å². The molecule has 1 saturated heterocycles. The summed E-state index contributed by atoms with van der Waals surface area (Å²) in [4.78, 5) is 26.2. The molecule has 152 valence electrons. The summed E-state index contributed by atoms with van der Waals surface area (Å²) in [5.74, 6) is 0.446. The molecule has 0 radical (unpaired) electrons. The van der Waals surface area contributed by atoms with Crippen molar-refractivity contribution in [2.75, 3.05) is 18.4 Å². The van der Waals surface area contributed by atoms with Crippen LogP contribution in [0.5, 0.6) is 0 Å². The van der Waals surface area contributed by atoms with E-state index in [0.717, 1.165) is 42.0 Å². The maximum Gasteiger partial charge on any atom is 0.245 e. The lowest BCUT2D eigenvalue weighted by Crippen LogP contribution is -2.40. The van der Waals surface area contributed by atoms with Crippen molar-refractivity contribution in [3.8, 4) is 0 Å². The Labute approximate surface area is 177 Å². The molecule has 0 saturated carbocycles. The highest BCUT2D eigenvalue weighted by molar-refractivity contribution is 8.00. The smallest absolute Gasteiger partial charge is 0.245 e. The fourth-order valence-corrected chi connectivity index (χ4v) is 4.96. The van der Waals surface area contributed by atoms with E-state index in [1.54, 1.807) is 24.2 Å². The van der Waals surface area contributed by atoms with Crippen molar-refractivity contribution in [3.63, 3.8) is 0 Å². The minimum atomic E-state index is -0.0295. The second kappa shape index (κ2) is 8.46. The number of H-pyrrole nitrogens is 1. The Balaban J connectivity index is 1.61. The lowest BCUT2D eigenvalue weighted by molar-refractivity contribution is -0.126. The van der Waals surface area contributed by atoms with Gasteiger partial charge in [-0.15, -0.1) is 11.8 Å². The van der Waals surface area contributed by atoms with E-state index in [9.17, 15) is 4.79 Å². The summed E-state index contributed by atoms with van der Waals surface area (Å²) in [6.07, 6.45) is 8.70. The topological polar surface area (TPSA) is 91.7 Å². The van der Waals surface area contributed by atoms with Crippen LogP contribution in [0.25, 0.3) is 11.0 Å². The van der Waals surface area contributed by atoms with Gasteiger partial charge in [-0.2, -0.15) is 10.1 Å². The molecule has 0 spiro atoms. The summed E-state index contributed by atoms with van der Waals surface area (Å²) in [6.45, 7) is 7.84. The van der Waals surface area contributed by atoms with Crippen LogP contribution in [0, 0.1) is 0 Å². The van der Waals surface area contributed by atoms with E-state index in [1.807, 2.05) is 22.7 Å². The molecule has 8 nitrogen and oxygen atoms in total. The summed E-state index contributed by atoms with van der Waals surface area (Å²) >= 11 is 8.03. The number of aromatic amines is 1. The molecule has 0 aromatic carbocycles. The number of aromatic nitrogens is 5. The SMILES string of the molecule is C=CC(=O)N1CCC[C@@H](Sc2nc(Nc3cnn(CC)c3)nc3[nH]cc(Cl)c23)C1. The normalized spacial score (nSPS) is 16.9. The lowest BCUT2D eigenvalue weighted by Gasteiger charge is -2.31. The number of thioether (sulfide) groups is 1. The van der Waals surface area contributed by atoms with E-state index in [0.29, 0.717) is 23.2 Å². The monoisotopic (exact) mass is 431 g/mol. The quantitative estimate of drug-likeness (QED) is 0.455. The first kappa shape index (κ1) is 19.8. The van der Waals surface area contributed by atoms with E-state index in [2.05, 4.69) is 27.0 Å². The van der Waals surface area contributed by atoms with E-state index in [-0.39, 0.29) is 11.2 Å². The van der Waals surface area contributed by atoms with Gasteiger partial charge in [0.25, 0.3) is 0 Å². The third-order valence-electron chi connectivity index (χ3n) is 4.81. The first-order valence-electron chi connectivity index (χ1n) is 9.49. The molecule has 1 aliphatic heterocycles. The standard InChI is InChI=1S/C19H22ClN7OS/c1-3-15(28)26-7-5-6-13(11-26)29-18-16-14(20)9-21-17(16)24-19(25-18)23-12-8-22-27(4-2)10-12/h3,8-10,13H,1,4-7,11H2,2H3,(H2,21,23,24,25)/t13-/m1/s1. The van der Waals surface area contributed by atoms with Gasteiger partial charge in [0.05, 0.1) is 22.3 Å². The molecular formula is C19H22ClN7OS. The van der Waals surface area contributed by atoms with E-state index < -0.39 is 0 Å². The van der Waals surface area contributed by atoms with Crippen molar-refractivity contribution in [2.24, 2.45) is 0 Å². The molecule has 1 aliphatic rings. The number of piperidine rings is 1. The van der Waals surface area contributed by atoms with Crippen molar-refractivity contribution >= 4 is 51.9 Å². The summed E-state index contributed by atoms with van der Waals surface area (Å²) in [6, 6.07) is 0. The molecule has 1 fully saturated rings. The highest BCUT2D eigenvalue weighted by Crippen LogP contribution is 2.36. The molecule has 1 atom stereocenters. The van der Waals surface area contributed by atoms with Crippen LogP contribution >= 0.6 is 23.4 Å². The second-order valence-corrected chi connectivity index (χ2v) is 8.49. The van der Waals surface area contributed by atoms with Gasteiger partial charge < -0.3 is 15.2 Å². The maximum atomic E-state index is 12.0. The van der Waals surface area contributed by atoms with Crippen LogP contribution in [0.3, 0.4) is 0 Å². The number of amides is 1. The number of likely N-dealkylation sites (tertiary alicyclic amines) is 1. The van der Waals surface area contributed by atoms with Crippen molar-refractivity contribution in [1.82, 2.24) is 29.6 Å². The Kier molecular flexibility index (Phi) is 5.77. The molecule has 3 aromatic rings. The number of nitrogens with zero attached hydrogens (tertiary/aromatic N) is 5. The van der Waals surface area contributed by atoms with Gasteiger partial charge in [-0.05, 0) is 25.8 Å². The first-order valence-corrected chi connectivity index (χ1v) is 10.7. The Morgan fingerprint density at radius 1 is 1.52 bits per heavy atom. The number of carbonyl (C=O) groups excluding carboxylic acids is 1. The van der Waals surface area contributed by atoms with Crippen molar-refractivity contribution in [2.45, 2.75) is 36.6 Å². The van der Waals surface area contributed by atoms with Crippen LogP contribution in [0.4, 0.5) is 11.6 Å². The van der Waals surface area contributed by atoms with Crippen LogP contribution in [0.15, 0.2) is 36.3 Å². The molecule has 3 aromatic heterocycles. The number of fused-ring (bicyclic) bond motifs is 1. The van der Waals surface area contributed by atoms with E-state index >= 15 is 0 Å². The minimum absolute atomic E-state index is 0.0295. The second-order valence-electron chi connectivity index (χ2n) is 6.79. The number of nitrogens with one attached hydrogen (secondary N) is 2. The molecular weight excluding hydrogens is 410 g/mol. The van der Waals surface area contributed by atoms with Gasteiger partial charge in [0, 0.05) is 37.3 Å². The van der Waals surface area contributed by atoms with Gasteiger partial charge in [-0.1, -0.05) is 18.2 Å². The van der Waals surface area contributed by atoms with Crippen molar-refractivity contribution in [1.29, 1.82) is 0 Å². The third-order valence-corrected chi connectivity index (χ3v) is 6.34. The number of rotatable bonds is 6. The van der Waals surface area contributed by atoms with Gasteiger partial charge in [0.15, 0.2) is 0 Å². The molecule has 4 heterocycles. The lowest BCUT2D eigenvalue weighted by atomic mass is 10.1. The molecule has 10 heteroatoms. The Hall–Kier alpha value is -2.52.